The van der Waals surface area contributed by atoms with Crippen LogP contribution in [-0.2, 0) is 4.79 Å². The molecule has 1 aliphatic heterocycles. The fourth-order valence-corrected chi connectivity index (χ4v) is 3.35. The summed E-state index contributed by atoms with van der Waals surface area (Å²) in [6, 6.07) is 0. The number of amides is 1. The molecule has 0 saturated carbocycles. The zero-order chi connectivity index (χ0) is 10.9. The molecule has 0 aromatic heterocycles. The van der Waals surface area contributed by atoms with Gasteiger partial charge in [-0.25, -0.2) is 0 Å². The van der Waals surface area contributed by atoms with Crippen molar-refractivity contribution >= 4 is 14.0 Å². The van der Waals surface area contributed by atoms with E-state index in [0.717, 1.165) is 12.0 Å². The first-order valence-electron chi connectivity index (χ1n) is 5.33. The molecule has 1 N–H and O–H groups in total. The molecule has 0 aromatic carbocycles. The van der Waals surface area contributed by atoms with Crippen LogP contribution in [0.3, 0.4) is 0 Å². The summed E-state index contributed by atoms with van der Waals surface area (Å²) in [5, 5.41) is 3.01. The van der Waals surface area contributed by atoms with Crippen molar-refractivity contribution in [1.82, 2.24) is 5.32 Å². The monoisotopic (exact) mass is 211 g/mol. The van der Waals surface area contributed by atoms with Gasteiger partial charge in [-0.15, -0.1) is 0 Å². The average molecular weight is 211 g/mol. The second-order valence-electron chi connectivity index (χ2n) is 5.56. The fourth-order valence-electron chi connectivity index (χ4n) is 1.60. The molecule has 0 aliphatic carbocycles. The lowest BCUT2D eigenvalue weighted by Gasteiger charge is -2.39. The molecule has 1 saturated heterocycles. The van der Waals surface area contributed by atoms with Gasteiger partial charge in [0.2, 0.25) is 5.91 Å². The van der Waals surface area contributed by atoms with Crippen LogP contribution in [0.15, 0.2) is 11.6 Å². The molecular weight excluding hydrogens is 190 g/mol. The highest BCUT2D eigenvalue weighted by Crippen LogP contribution is 2.24. The highest BCUT2D eigenvalue weighted by Gasteiger charge is 2.41. The smallest absolute Gasteiger partial charge is 0.248 e. The molecule has 0 radical (unpaired) electrons. The third-order valence-corrected chi connectivity index (χ3v) is 4.71. The molecule has 0 aromatic rings. The van der Waals surface area contributed by atoms with Crippen LogP contribution >= 0.6 is 0 Å². The summed E-state index contributed by atoms with van der Waals surface area (Å²) in [6.45, 7) is 11.2. The molecule has 1 unspecified atom stereocenters. The second-order valence-corrected chi connectivity index (χ2v) is 10.9. The number of β-lactam (4-membered cyclic amide) rings is 1. The van der Waals surface area contributed by atoms with Gasteiger partial charge in [-0.05, 0) is 12.3 Å². The molecule has 1 heterocycles. The Morgan fingerprint density at radius 1 is 1.43 bits per heavy atom. The van der Waals surface area contributed by atoms with Gasteiger partial charge in [0, 0.05) is 5.57 Å². The predicted octanol–water partition coefficient (Wildman–Crippen LogP) is 2.33. The van der Waals surface area contributed by atoms with Gasteiger partial charge in [-0.3, -0.25) is 4.79 Å². The molecule has 1 amide bonds. The van der Waals surface area contributed by atoms with Gasteiger partial charge in [0.15, 0.2) is 0 Å². The van der Waals surface area contributed by atoms with Gasteiger partial charge in [-0.2, -0.15) is 0 Å². The van der Waals surface area contributed by atoms with Crippen molar-refractivity contribution in [3.63, 3.8) is 0 Å². The molecule has 80 valence electrons. The quantitative estimate of drug-likeness (QED) is 0.433. The number of allylic oxidation sites excluding steroid dienone is 1. The maximum Gasteiger partial charge on any atom is 0.248 e. The van der Waals surface area contributed by atoms with Crippen LogP contribution in [0.5, 0.6) is 0 Å². The number of nitrogens with one attached hydrogen (secondary N) is 1. The van der Waals surface area contributed by atoms with Crippen molar-refractivity contribution < 1.29 is 4.79 Å². The van der Waals surface area contributed by atoms with Crippen LogP contribution in [0, 0.1) is 5.92 Å². The lowest BCUT2D eigenvalue weighted by atomic mass is 10.0. The summed E-state index contributed by atoms with van der Waals surface area (Å²) < 4.78 is 0. The molecule has 1 aliphatic rings. The minimum absolute atomic E-state index is 0.151. The van der Waals surface area contributed by atoms with E-state index >= 15 is 0 Å². The highest BCUT2D eigenvalue weighted by molar-refractivity contribution is 6.79. The van der Waals surface area contributed by atoms with Crippen LogP contribution in [0.1, 0.15) is 20.3 Å². The van der Waals surface area contributed by atoms with Crippen LogP contribution in [0.4, 0.5) is 0 Å². The Morgan fingerprint density at radius 2 is 2.00 bits per heavy atom. The average Bonchev–Trinajstić information content (AvgIpc) is 1.97. The molecule has 0 spiro atoms. The summed E-state index contributed by atoms with van der Waals surface area (Å²) >= 11 is 0. The van der Waals surface area contributed by atoms with Crippen LogP contribution < -0.4 is 5.32 Å². The Balaban J connectivity index is 2.67. The van der Waals surface area contributed by atoms with E-state index in [1.165, 1.54) is 0 Å². The first kappa shape index (κ1) is 11.5. The van der Waals surface area contributed by atoms with Crippen molar-refractivity contribution in [2.75, 3.05) is 0 Å². The second kappa shape index (κ2) is 3.89. The SMILES string of the molecule is CC(C)C/C=C1\C(=O)NC1[Si](C)(C)C. The van der Waals surface area contributed by atoms with Crippen molar-refractivity contribution in [2.45, 2.75) is 45.6 Å². The van der Waals surface area contributed by atoms with Gasteiger partial charge in [0.25, 0.3) is 0 Å². The summed E-state index contributed by atoms with van der Waals surface area (Å²) in [6.07, 6.45) is 3.15. The van der Waals surface area contributed by atoms with E-state index < -0.39 is 8.07 Å². The Morgan fingerprint density at radius 3 is 2.36 bits per heavy atom. The van der Waals surface area contributed by atoms with E-state index in [9.17, 15) is 4.79 Å². The van der Waals surface area contributed by atoms with Crippen molar-refractivity contribution in [3.05, 3.63) is 11.6 Å². The normalized spacial score (nSPS) is 25.1. The maximum atomic E-state index is 11.3. The standard InChI is InChI=1S/C11H21NOSi/c1-8(2)6-7-9-10(13)12-11(9)14(3,4)5/h7-8,11H,6H2,1-5H3,(H,12,13)/b9-7+. The number of hydrogen-bond donors (Lipinski definition) is 1. The molecular formula is C11H21NOSi. The lowest BCUT2D eigenvalue weighted by Crippen LogP contribution is -2.63. The topological polar surface area (TPSA) is 29.1 Å². The molecule has 14 heavy (non-hydrogen) atoms. The van der Waals surface area contributed by atoms with E-state index in [1.54, 1.807) is 0 Å². The van der Waals surface area contributed by atoms with Crippen molar-refractivity contribution in [3.8, 4) is 0 Å². The van der Waals surface area contributed by atoms with E-state index in [-0.39, 0.29) is 5.91 Å². The molecule has 1 fully saturated rings. The molecule has 0 bridgehead atoms. The predicted molar refractivity (Wildman–Crippen MR) is 62.8 cm³/mol. The van der Waals surface area contributed by atoms with Gasteiger partial charge in [0.1, 0.15) is 0 Å². The Kier molecular flexibility index (Phi) is 3.19. The van der Waals surface area contributed by atoms with Gasteiger partial charge >= 0.3 is 0 Å². The van der Waals surface area contributed by atoms with Gasteiger partial charge in [0.05, 0.1) is 13.7 Å². The van der Waals surface area contributed by atoms with E-state index in [4.69, 9.17) is 0 Å². The lowest BCUT2D eigenvalue weighted by molar-refractivity contribution is -0.121. The minimum Gasteiger partial charge on any atom is -0.348 e. The van der Waals surface area contributed by atoms with Gasteiger partial charge < -0.3 is 5.32 Å². The largest absolute Gasteiger partial charge is 0.348 e. The van der Waals surface area contributed by atoms with Crippen molar-refractivity contribution in [1.29, 1.82) is 0 Å². The number of hydrogen-bond acceptors (Lipinski definition) is 1. The van der Waals surface area contributed by atoms with Crippen LogP contribution in [0.25, 0.3) is 0 Å². The third-order valence-electron chi connectivity index (χ3n) is 2.52. The maximum absolute atomic E-state index is 11.3. The fraction of sp³-hybridized carbons (Fsp3) is 0.727. The van der Waals surface area contributed by atoms with E-state index in [1.807, 2.05) is 0 Å². The van der Waals surface area contributed by atoms with Crippen molar-refractivity contribution in [2.24, 2.45) is 5.92 Å². The minimum atomic E-state index is -1.25. The Labute approximate surface area is 87.8 Å². The molecule has 3 heteroatoms. The number of rotatable bonds is 3. The summed E-state index contributed by atoms with van der Waals surface area (Å²) in [7, 11) is -1.25. The number of carbonyl (C=O) groups excluding carboxylic acids is 1. The van der Waals surface area contributed by atoms with Crippen LogP contribution in [-0.4, -0.2) is 19.6 Å². The zero-order valence-corrected chi connectivity index (χ0v) is 10.8. The van der Waals surface area contributed by atoms with Crippen LogP contribution in [0.2, 0.25) is 19.6 Å². The first-order valence-corrected chi connectivity index (χ1v) is 8.91. The summed E-state index contributed by atoms with van der Waals surface area (Å²) in [5.41, 5.74) is 1.42. The summed E-state index contributed by atoms with van der Waals surface area (Å²) in [5.74, 6) is 0.788. The Bertz CT molecular complexity index is 263. The molecule has 1 atom stereocenters. The number of carbonyl (C=O) groups is 1. The first-order chi connectivity index (χ1) is 6.32. The zero-order valence-electron chi connectivity index (χ0n) is 9.85. The van der Waals surface area contributed by atoms with Gasteiger partial charge in [-0.1, -0.05) is 39.6 Å². The molecule has 1 rings (SSSR count). The van der Waals surface area contributed by atoms with E-state index in [2.05, 4.69) is 44.9 Å². The van der Waals surface area contributed by atoms with E-state index in [0.29, 0.717) is 11.6 Å². The third kappa shape index (κ3) is 2.47. The molecule has 2 nitrogen and oxygen atoms in total. The Hall–Kier alpha value is -0.573. The highest BCUT2D eigenvalue weighted by atomic mass is 28.3. The summed E-state index contributed by atoms with van der Waals surface area (Å²) in [4.78, 5) is 11.3.